The van der Waals surface area contributed by atoms with Gasteiger partial charge in [-0.2, -0.15) is 0 Å². The van der Waals surface area contributed by atoms with Gasteiger partial charge >= 0.3 is 12.0 Å². The molecule has 1 aromatic heterocycles. The van der Waals surface area contributed by atoms with Crippen molar-refractivity contribution < 1.29 is 27.5 Å². The predicted molar refractivity (Wildman–Crippen MR) is 102 cm³/mol. The van der Waals surface area contributed by atoms with Crippen LogP contribution in [-0.4, -0.2) is 37.0 Å². The van der Waals surface area contributed by atoms with Crippen LogP contribution in [0, 0.1) is 17.5 Å². The Bertz CT molecular complexity index is 1100. The van der Waals surface area contributed by atoms with Crippen molar-refractivity contribution in [3.8, 4) is 0 Å². The lowest BCUT2D eigenvalue weighted by atomic mass is 10.0. The number of amidine groups is 1. The summed E-state index contributed by atoms with van der Waals surface area (Å²) in [6.45, 7) is 1.47. The maximum absolute atomic E-state index is 14.3. The van der Waals surface area contributed by atoms with Gasteiger partial charge in [0, 0.05) is 19.5 Å². The van der Waals surface area contributed by atoms with Gasteiger partial charge < -0.3 is 4.74 Å². The summed E-state index contributed by atoms with van der Waals surface area (Å²) in [6.07, 6.45) is 0.739. The number of hydrogen-bond acceptors (Lipinski definition) is 5. The Morgan fingerprint density at radius 3 is 2.60 bits per heavy atom. The van der Waals surface area contributed by atoms with E-state index in [0.717, 1.165) is 17.2 Å². The van der Waals surface area contributed by atoms with E-state index in [4.69, 9.17) is 4.74 Å². The molecule has 1 aliphatic rings. The molecule has 0 bridgehead atoms. The first kappa shape index (κ1) is 21.0. The molecule has 0 atom stereocenters. The molecule has 1 aromatic carbocycles. The van der Waals surface area contributed by atoms with Gasteiger partial charge in [-0.15, -0.1) is 0 Å². The number of urea groups is 1. The second-order valence-electron chi connectivity index (χ2n) is 6.44. The highest BCUT2D eigenvalue weighted by atomic mass is 19.1. The van der Waals surface area contributed by atoms with Crippen LogP contribution in [0.2, 0.25) is 0 Å². The number of aliphatic imine (C=N–C) groups is 1. The first-order valence-corrected chi connectivity index (χ1v) is 8.72. The summed E-state index contributed by atoms with van der Waals surface area (Å²) >= 11 is 0. The maximum atomic E-state index is 14.3. The zero-order valence-electron chi connectivity index (χ0n) is 16.3. The van der Waals surface area contributed by atoms with Crippen molar-refractivity contribution in [3.63, 3.8) is 0 Å². The fourth-order valence-electron chi connectivity index (χ4n) is 2.92. The molecule has 0 fully saturated rings. The molecule has 1 aliphatic heterocycles. The molecule has 2 amide bonds. The van der Waals surface area contributed by atoms with Crippen molar-refractivity contribution in [2.24, 2.45) is 4.99 Å². The fraction of sp³-hybridized carbons (Fsp3) is 0.200. The van der Waals surface area contributed by atoms with E-state index in [1.807, 2.05) is 0 Å². The molecule has 0 saturated heterocycles. The quantitative estimate of drug-likeness (QED) is 0.760. The largest absolute Gasteiger partial charge is 0.466 e. The minimum absolute atomic E-state index is 0.0259. The van der Waals surface area contributed by atoms with Crippen molar-refractivity contribution >= 4 is 23.5 Å². The van der Waals surface area contributed by atoms with Crippen molar-refractivity contribution in [3.05, 3.63) is 70.4 Å². The van der Waals surface area contributed by atoms with Gasteiger partial charge in [0.25, 0.3) is 0 Å². The van der Waals surface area contributed by atoms with Gasteiger partial charge in [-0.05, 0) is 24.6 Å². The van der Waals surface area contributed by atoms with Gasteiger partial charge in [0.05, 0.1) is 30.3 Å². The van der Waals surface area contributed by atoms with Gasteiger partial charge in [0.15, 0.2) is 11.7 Å². The molecule has 1 N–H and O–H groups in total. The average molecular weight is 418 g/mol. The number of carbonyl (C=O) groups excluding carboxylic acids is 2. The van der Waals surface area contributed by atoms with Gasteiger partial charge in [0.2, 0.25) is 0 Å². The number of methoxy groups -OCH3 is 1. The number of nitrogens with one attached hydrogen (secondary N) is 1. The van der Waals surface area contributed by atoms with Crippen LogP contribution in [0.25, 0.3) is 0 Å². The molecule has 30 heavy (non-hydrogen) atoms. The van der Waals surface area contributed by atoms with Crippen LogP contribution in [0.1, 0.15) is 18.2 Å². The lowest BCUT2D eigenvalue weighted by Crippen LogP contribution is -2.42. The molecule has 0 spiro atoms. The molecule has 156 valence electrons. The van der Waals surface area contributed by atoms with Crippen molar-refractivity contribution in [1.29, 1.82) is 0 Å². The first-order valence-electron chi connectivity index (χ1n) is 8.72. The summed E-state index contributed by atoms with van der Waals surface area (Å²) < 4.78 is 46.3. The summed E-state index contributed by atoms with van der Waals surface area (Å²) in [7, 11) is 2.56. The number of rotatable bonds is 2. The maximum Gasteiger partial charge on any atom is 0.335 e. The van der Waals surface area contributed by atoms with Crippen LogP contribution in [-0.2, 0) is 16.0 Å². The zero-order valence-corrected chi connectivity index (χ0v) is 16.3. The van der Waals surface area contributed by atoms with E-state index < -0.39 is 35.1 Å². The average Bonchev–Trinajstić information content (AvgIpc) is 2.70. The molecule has 0 radical (unpaired) electrons. The number of allylic oxidation sites excluding steroid dienone is 1. The van der Waals surface area contributed by atoms with Crippen LogP contribution < -0.4 is 10.2 Å². The fourth-order valence-corrected chi connectivity index (χ4v) is 2.92. The monoisotopic (exact) mass is 418 g/mol. The molecule has 7 nitrogen and oxygen atoms in total. The Balaban J connectivity index is 2.24. The van der Waals surface area contributed by atoms with Crippen LogP contribution in [0.5, 0.6) is 0 Å². The molecule has 0 saturated carbocycles. The topological polar surface area (TPSA) is 83.9 Å². The Hall–Kier alpha value is -3.69. The van der Waals surface area contributed by atoms with Gasteiger partial charge in [-0.25, -0.2) is 32.7 Å². The summed E-state index contributed by atoms with van der Waals surface area (Å²) in [5.74, 6) is -3.61. The van der Waals surface area contributed by atoms with Crippen LogP contribution in [0.3, 0.4) is 0 Å². The van der Waals surface area contributed by atoms with Gasteiger partial charge in [-0.3, -0.25) is 10.2 Å². The van der Waals surface area contributed by atoms with E-state index in [1.54, 1.807) is 0 Å². The molecular weight excluding hydrogens is 401 g/mol. The summed E-state index contributed by atoms with van der Waals surface area (Å²) in [5.41, 5.74) is 0.452. The number of anilines is 1. The SMILES string of the molecule is COC(=O)/C1=C(\C)N=C(c2ncc(F)cc2F)NC(=O)N(C)c2cc(F)ccc2C1. The Morgan fingerprint density at radius 2 is 1.93 bits per heavy atom. The third-order valence-corrected chi connectivity index (χ3v) is 4.49. The van der Waals surface area contributed by atoms with Crippen LogP contribution in [0.4, 0.5) is 23.7 Å². The second kappa shape index (κ2) is 8.36. The van der Waals surface area contributed by atoms with E-state index in [9.17, 15) is 22.8 Å². The van der Waals surface area contributed by atoms with Gasteiger partial charge in [-0.1, -0.05) is 6.07 Å². The summed E-state index contributed by atoms with van der Waals surface area (Å²) in [6, 6.07) is 3.60. The highest BCUT2D eigenvalue weighted by molar-refractivity contribution is 6.11. The molecule has 0 aliphatic carbocycles. The lowest BCUT2D eigenvalue weighted by molar-refractivity contribution is -0.136. The van der Waals surface area contributed by atoms with E-state index in [0.29, 0.717) is 11.6 Å². The van der Waals surface area contributed by atoms with Crippen LogP contribution in [0.15, 0.2) is 46.7 Å². The summed E-state index contributed by atoms with van der Waals surface area (Å²) in [5, 5.41) is 2.38. The van der Waals surface area contributed by atoms with Crippen molar-refractivity contribution in [2.75, 3.05) is 19.1 Å². The first-order chi connectivity index (χ1) is 14.2. The minimum Gasteiger partial charge on any atom is -0.466 e. The number of pyridine rings is 1. The van der Waals surface area contributed by atoms with Gasteiger partial charge in [0.1, 0.15) is 17.3 Å². The lowest BCUT2D eigenvalue weighted by Gasteiger charge is -2.24. The van der Waals surface area contributed by atoms with E-state index in [2.05, 4.69) is 15.3 Å². The number of amides is 2. The minimum atomic E-state index is -1.06. The number of hydrogen-bond donors (Lipinski definition) is 1. The Morgan fingerprint density at radius 1 is 1.20 bits per heavy atom. The van der Waals surface area contributed by atoms with E-state index >= 15 is 0 Å². The number of ether oxygens (including phenoxy) is 1. The Labute approximate surface area is 169 Å². The number of esters is 1. The smallest absolute Gasteiger partial charge is 0.335 e. The predicted octanol–water partition coefficient (Wildman–Crippen LogP) is 3.09. The normalized spacial score (nSPS) is 17.1. The number of halogens is 3. The van der Waals surface area contributed by atoms with Crippen molar-refractivity contribution in [1.82, 2.24) is 10.3 Å². The Kier molecular flexibility index (Phi) is 5.86. The number of carbonyl (C=O) groups is 2. The van der Waals surface area contributed by atoms with E-state index in [-0.39, 0.29) is 29.2 Å². The molecule has 3 rings (SSSR count). The molecular formula is C20H17F3N4O3. The zero-order chi connectivity index (χ0) is 22.0. The van der Waals surface area contributed by atoms with E-state index in [1.165, 1.54) is 33.2 Å². The van der Waals surface area contributed by atoms with Crippen LogP contribution >= 0.6 is 0 Å². The second-order valence-corrected chi connectivity index (χ2v) is 6.44. The molecule has 0 unspecified atom stereocenters. The van der Waals surface area contributed by atoms with Crippen molar-refractivity contribution in [2.45, 2.75) is 13.3 Å². The molecule has 10 heteroatoms. The molecule has 2 heterocycles. The molecule has 2 aromatic rings. The number of nitrogens with zero attached hydrogens (tertiary/aromatic N) is 3. The summed E-state index contributed by atoms with van der Waals surface area (Å²) in [4.78, 5) is 34.0. The third kappa shape index (κ3) is 4.17. The third-order valence-electron chi connectivity index (χ3n) is 4.49. The number of aromatic nitrogens is 1. The number of fused-ring (bicyclic) bond motifs is 1. The highest BCUT2D eigenvalue weighted by Gasteiger charge is 2.25. The highest BCUT2D eigenvalue weighted by Crippen LogP contribution is 2.27. The number of benzene rings is 1. The standard InChI is InChI=1S/C20H17F3N4O3/c1-10-14(19(28)30-3)6-11-4-5-12(21)8-16(11)27(2)20(29)26-18(25-10)17-15(23)7-13(22)9-24-17/h4-5,7-9H,6H2,1-3H3,(H,25,26,29)/b14-10+.